The van der Waals surface area contributed by atoms with Gasteiger partial charge in [0.2, 0.25) is 15.9 Å². The molecule has 1 fully saturated rings. The van der Waals surface area contributed by atoms with E-state index in [0.717, 1.165) is 0 Å². The number of piperidine rings is 1. The molecule has 0 spiro atoms. The van der Waals surface area contributed by atoms with Crippen LogP contribution < -0.4 is 0 Å². The molecule has 0 N–H and O–H groups in total. The molecule has 0 aliphatic carbocycles. The van der Waals surface area contributed by atoms with Gasteiger partial charge in [-0.05, 0) is 51.3 Å². The lowest BCUT2D eigenvalue weighted by atomic mass is 9.98. The van der Waals surface area contributed by atoms with Crippen molar-refractivity contribution in [2.75, 3.05) is 26.2 Å². The molecule has 1 aliphatic heterocycles. The van der Waals surface area contributed by atoms with Gasteiger partial charge >= 0.3 is 5.97 Å². The van der Waals surface area contributed by atoms with Crippen LogP contribution in [0.2, 0.25) is 10.0 Å². The Hall–Kier alpha value is -1.35. The third kappa shape index (κ3) is 6.57. The SMILES string of the molecule is CCOC(=O)C1CCCN(C(=O)CCN(C(C)CC)S(=O)(=O)c2cc(Cl)ccc2Cl)C1. The molecule has 2 unspecified atom stereocenters. The van der Waals surface area contributed by atoms with Gasteiger partial charge in [0.1, 0.15) is 4.90 Å². The number of hydrogen-bond donors (Lipinski definition) is 0. The summed E-state index contributed by atoms with van der Waals surface area (Å²) in [4.78, 5) is 26.4. The summed E-state index contributed by atoms with van der Waals surface area (Å²) in [7, 11) is -3.95. The zero-order valence-corrected chi connectivity index (χ0v) is 20.5. The zero-order chi connectivity index (χ0) is 23.2. The molecule has 0 saturated carbocycles. The Kier molecular flexibility index (Phi) is 9.61. The van der Waals surface area contributed by atoms with Gasteiger partial charge in [0.05, 0.1) is 17.5 Å². The number of hydrogen-bond acceptors (Lipinski definition) is 5. The van der Waals surface area contributed by atoms with E-state index in [1.54, 1.807) is 18.7 Å². The molecule has 0 aromatic heterocycles. The largest absolute Gasteiger partial charge is 0.466 e. The summed E-state index contributed by atoms with van der Waals surface area (Å²) in [5.74, 6) is -0.814. The normalized spacial score (nSPS) is 18.1. The van der Waals surface area contributed by atoms with Crippen molar-refractivity contribution >= 4 is 45.1 Å². The van der Waals surface area contributed by atoms with Crippen molar-refractivity contribution in [2.24, 2.45) is 5.92 Å². The number of rotatable bonds is 9. The van der Waals surface area contributed by atoms with Gasteiger partial charge in [0.15, 0.2) is 0 Å². The van der Waals surface area contributed by atoms with Crippen molar-refractivity contribution in [1.29, 1.82) is 0 Å². The first-order valence-corrected chi connectivity index (χ1v) is 12.7. The monoisotopic (exact) mass is 492 g/mol. The number of carbonyl (C=O) groups excluding carboxylic acids is 2. The van der Waals surface area contributed by atoms with E-state index in [1.807, 2.05) is 6.92 Å². The Balaban J connectivity index is 2.14. The molecule has 2 atom stereocenters. The van der Waals surface area contributed by atoms with Crippen LogP contribution in [0.5, 0.6) is 0 Å². The van der Waals surface area contributed by atoms with Gasteiger partial charge in [0, 0.05) is 37.1 Å². The summed E-state index contributed by atoms with van der Waals surface area (Å²) in [6, 6.07) is 3.96. The Labute approximate surface area is 194 Å². The highest BCUT2D eigenvalue weighted by molar-refractivity contribution is 7.89. The van der Waals surface area contributed by atoms with E-state index in [4.69, 9.17) is 27.9 Å². The summed E-state index contributed by atoms with van der Waals surface area (Å²) in [5.41, 5.74) is 0. The molecular formula is C21H30Cl2N2O5S. The second-order valence-electron chi connectivity index (χ2n) is 7.63. The highest BCUT2D eigenvalue weighted by atomic mass is 35.5. The molecule has 1 heterocycles. The van der Waals surface area contributed by atoms with Crippen LogP contribution in [0.25, 0.3) is 0 Å². The summed E-state index contributed by atoms with van der Waals surface area (Å²) in [6.07, 6.45) is 1.97. The van der Waals surface area contributed by atoms with Gasteiger partial charge in [-0.1, -0.05) is 30.1 Å². The Bertz CT molecular complexity index is 894. The number of likely N-dealkylation sites (tertiary alicyclic amines) is 1. The quantitative estimate of drug-likeness (QED) is 0.486. The number of benzene rings is 1. The number of sulfonamides is 1. The molecule has 174 valence electrons. The number of halogens is 2. The maximum Gasteiger partial charge on any atom is 0.310 e. The van der Waals surface area contributed by atoms with Crippen LogP contribution in [0.4, 0.5) is 0 Å². The van der Waals surface area contributed by atoms with Crippen LogP contribution in [-0.4, -0.2) is 61.8 Å². The molecule has 7 nitrogen and oxygen atoms in total. The van der Waals surface area contributed by atoms with E-state index in [-0.39, 0.29) is 51.7 Å². The first kappa shape index (κ1) is 25.9. The van der Waals surface area contributed by atoms with Crippen LogP contribution in [0.15, 0.2) is 23.1 Å². The van der Waals surface area contributed by atoms with E-state index >= 15 is 0 Å². The number of nitrogens with zero attached hydrogens (tertiary/aromatic N) is 2. The highest BCUT2D eigenvalue weighted by Crippen LogP contribution is 2.29. The van der Waals surface area contributed by atoms with E-state index in [9.17, 15) is 18.0 Å². The van der Waals surface area contributed by atoms with Crippen LogP contribution in [0.3, 0.4) is 0 Å². The first-order chi connectivity index (χ1) is 14.6. The average molecular weight is 493 g/mol. The lowest BCUT2D eigenvalue weighted by Gasteiger charge is -2.33. The van der Waals surface area contributed by atoms with Crippen molar-refractivity contribution in [3.8, 4) is 0 Å². The number of esters is 1. The third-order valence-corrected chi connectivity index (χ3v) is 8.23. The molecule has 1 aromatic carbocycles. The molecular weight excluding hydrogens is 463 g/mol. The average Bonchev–Trinajstić information content (AvgIpc) is 2.75. The minimum atomic E-state index is -3.95. The van der Waals surface area contributed by atoms with Crippen LogP contribution in [0, 0.1) is 5.92 Å². The second kappa shape index (κ2) is 11.5. The minimum Gasteiger partial charge on any atom is -0.466 e. The first-order valence-electron chi connectivity index (χ1n) is 10.5. The minimum absolute atomic E-state index is 0.0112. The molecule has 2 rings (SSSR count). The van der Waals surface area contributed by atoms with Crippen molar-refractivity contribution in [1.82, 2.24) is 9.21 Å². The van der Waals surface area contributed by atoms with Crippen LogP contribution in [0.1, 0.15) is 46.5 Å². The van der Waals surface area contributed by atoms with Crippen LogP contribution >= 0.6 is 23.2 Å². The Morgan fingerprint density at radius 3 is 2.65 bits per heavy atom. The summed E-state index contributed by atoms with van der Waals surface area (Å²) in [6.45, 7) is 6.58. The molecule has 31 heavy (non-hydrogen) atoms. The van der Waals surface area contributed by atoms with Crippen molar-refractivity contribution in [3.63, 3.8) is 0 Å². The van der Waals surface area contributed by atoms with Gasteiger partial charge in [-0.2, -0.15) is 4.31 Å². The summed E-state index contributed by atoms with van der Waals surface area (Å²) < 4.78 is 33.0. The fourth-order valence-electron chi connectivity index (χ4n) is 3.60. The lowest BCUT2D eigenvalue weighted by molar-refractivity contribution is -0.151. The van der Waals surface area contributed by atoms with E-state index in [2.05, 4.69) is 0 Å². The smallest absolute Gasteiger partial charge is 0.310 e. The Morgan fingerprint density at radius 1 is 1.29 bits per heavy atom. The van der Waals surface area contributed by atoms with Gasteiger partial charge in [-0.15, -0.1) is 0 Å². The maximum atomic E-state index is 13.3. The fraction of sp³-hybridized carbons (Fsp3) is 0.619. The molecule has 1 aromatic rings. The van der Waals surface area contributed by atoms with Gasteiger partial charge in [-0.3, -0.25) is 9.59 Å². The molecule has 10 heteroatoms. The van der Waals surface area contributed by atoms with Crippen molar-refractivity contribution in [2.45, 2.75) is 57.4 Å². The number of carbonyl (C=O) groups is 2. The van der Waals surface area contributed by atoms with Crippen LogP contribution in [-0.2, 0) is 24.3 Å². The van der Waals surface area contributed by atoms with Crippen molar-refractivity contribution in [3.05, 3.63) is 28.2 Å². The number of ether oxygens (including phenoxy) is 1. The topological polar surface area (TPSA) is 84.0 Å². The standard InChI is InChI=1S/C21H30Cl2N2O5S/c1-4-15(3)25(31(28,29)19-13-17(22)8-9-18(19)23)12-10-20(26)24-11-6-7-16(14-24)21(27)30-5-2/h8-9,13,15-16H,4-7,10-12,14H2,1-3H3. The summed E-state index contributed by atoms with van der Waals surface area (Å²) >= 11 is 12.1. The highest BCUT2D eigenvalue weighted by Gasteiger charge is 2.33. The van der Waals surface area contributed by atoms with E-state index in [1.165, 1.54) is 22.5 Å². The van der Waals surface area contributed by atoms with Crippen molar-refractivity contribution < 1.29 is 22.7 Å². The third-order valence-electron chi connectivity index (χ3n) is 5.50. The maximum absolute atomic E-state index is 13.3. The van der Waals surface area contributed by atoms with E-state index in [0.29, 0.717) is 39.0 Å². The molecule has 1 saturated heterocycles. The fourth-order valence-corrected chi connectivity index (χ4v) is 6.05. The second-order valence-corrected chi connectivity index (χ2v) is 10.3. The predicted molar refractivity (Wildman–Crippen MR) is 121 cm³/mol. The molecule has 1 amide bonds. The lowest BCUT2D eigenvalue weighted by Crippen LogP contribution is -2.45. The predicted octanol–water partition coefficient (Wildman–Crippen LogP) is 3.97. The molecule has 1 aliphatic rings. The van der Waals surface area contributed by atoms with Gasteiger partial charge in [-0.25, -0.2) is 8.42 Å². The van der Waals surface area contributed by atoms with E-state index < -0.39 is 10.0 Å². The molecule has 0 bridgehead atoms. The zero-order valence-electron chi connectivity index (χ0n) is 18.1. The van der Waals surface area contributed by atoms with Gasteiger partial charge in [0.25, 0.3) is 0 Å². The molecule has 0 radical (unpaired) electrons. The van der Waals surface area contributed by atoms with Gasteiger partial charge < -0.3 is 9.64 Å². The number of amides is 1. The Morgan fingerprint density at radius 2 is 2.00 bits per heavy atom. The summed E-state index contributed by atoms with van der Waals surface area (Å²) in [5, 5.41) is 0.346.